The van der Waals surface area contributed by atoms with E-state index in [1.54, 1.807) is 19.4 Å². The Morgan fingerprint density at radius 2 is 2.07 bits per heavy atom. The molecule has 3 aliphatic rings. The molecule has 2 atom stereocenters. The highest BCUT2D eigenvalue weighted by molar-refractivity contribution is 6.30. The number of hydrogen-bond donors (Lipinski definition) is 1. The number of nitrogens with two attached hydrogens (primary N) is 1. The SMILES string of the molecule is CN1C(=O)[C@@]2(CC(C3CC3)Oc3ccc(-c4cncc(Cl)c4)cc32)N=C1N. The fraction of sp³-hybridized carbons (Fsp3) is 0.350. The molecule has 3 heterocycles. The minimum absolute atomic E-state index is 0.0109. The number of likely N-dealkylation sites (N-methyl/N-ethyl adjacent to an activating group) is 1. The summed E-state index contributed by atoms with van der Waals surface area (Å²) in [6.45, 7) is 0. The Bertz CT molecular complexity index is 988. The lowest BCUT2D eigenvalue weighted by Crippen LogP contribution is -2.46. The zero-order valence-corrected chi connectivity index (χ0v) is 15.6. The molecule has 1 aliphatic carbocycles. The van der Waals surface area contributed by atoms with E-state index in [2.05, 4.69) is 9.98 Å². The predicted molar refractivity (Wildman–Crippen MR) is 103 cm³/mol. The normalized spacial score (nSPS) is 26.7. The van der Waals surface area contributed by atoms with Crippen molar-refractivity contribution in [3.05, 3.63) is 47.2 Å². The van der Waals surface area contributed by atoms with Crippen molar-refractivity contribution in [1.82, 2.24) is 9.88 Å². The van der Waals surface area contributed by atoms with Crippen molar-refractivity contribution in [1.29, 1.82) is 0 Å². The molecule has 6 nitrogen and oxygen atoms in total. The number of aliphatic imine (C=N–C) groups is 1. The van der Waals surface area contributed by atoms with Crippen molar-refractivity contribution in [2.75, 3.05) is 7.05 Å². The van der Waals surface area contributed by atoms with Crippen LogP contribution in [-0.2, 0) is 10.3 Å². The van der Waals surface area contributed by atoms with Crippen LogP contribution in [0.3, 0.4) is 0 Å². The Balaban J connectivity index is 1.67. The number of pyridine rings is 1. The first kappa shape index (κ1) is 16.6. The fourth-order valence-corrected chi connectivity index (χ4v) is 4.22. The number of carbonyl (C=O) groups excluding carboxylic acids is 1. The second-order valence-corrected chi connectivity index (χ2v) is 7.93. The van der Waals surface area contributed by atoms with E-state index in [9.17, 15) is 4.79 Å². The topological polar surface area (TPSA) is 80.8 Å². The van der Waals surface area contributed by atoms with Gasteiger partial charge in [-0.05, 0) is 42.5 Å². The van der Waals surface area contributed by atoms with Gasteiger partial charge >= 0.3 is 0 Å². The van der Waals surface area contributed by atoms with Crippen LogP contribution in [-0.4, -0.2) is 34.9 Å². The third-order valence-corrected chi connectivity index (χ3v) is 5.90. The molecule has 27 heavy (non-hydrogen) atoms. The molecule has 0 radical (unpaired) electrons. The van der Waals surface area contributed by atoms with Crippen molar-refractivity contribution in [3.63, 3.8) is 0 Å². The van der Waals surface area contributed by atoms with Crippen LogP contribution in [0.25, 0.3) is 11.1 Å². The number of hydrogen-bond acceptors (Lipinski definition) is 5. The predicted octanol–water partition coefficient (Wildman–Crippen LogP) is 2.95. The third-order valence-electron chi connectivity index (χ3n) is 5.69. The number of nitrogens with zero attached hydrogens (tertiary/aromatic N) is 3. The van der Waals surface area contributed by atoms with E-state index in [-0.39, 0.29) is 18.0 Å². The maximum atomic E-state index is 13.2. The van der Waals surface area contributed by atoms with Gasteiger partial charge in [-0.3, -0.25) is 14.7 Å². The van der Waals surface area contributed by atoms with Crippen LogP contribution >= 0.6 is 11.6 Å². The average Bonchev–Trinajstić information content (AvgIpc) is 3.48. The van der Waals surface area contributed by atoms with Gasteiger partial charge in [-0.15, -0.1) is 0 Å². The Kier molecular flexibility index (Phi) is 3.49. The van der Waals surface area contributed by atoms with Gasteiger partial charge in [0.05, 0.1) is 5.02 Å². The molecule has 7 heteroatoms. The van der Waals surface area contributed by atoms with Crippen LogP contribution < -0.4 is 10.5 Å². The van der Waals surface area contributed by atoms with Gasteiger partial charge in [0.15, 0.2) is 11.5 Å². The van der Waals surface area contributed by atoms with E-state index in [1.165, 1.54) is 4.90 Å². The van der Waals surface area contributed by atoms with Gasteiger partial charge in [0.25, 0.3) is 5.91 Å². The molecular formula is C20H19ClN4O2. The Morgan fingerprint density at radius 3 is 2.74 bits per heavy atom. The third kappa shape index (κ3) is 2.51. The lowest BCUT2D eigenvalue weighted by molar-refractivity contribution is -0.132. The molecule has 1 aromatic carbocycles. The van der Waals surface area contributed by atoms with Crippen LogP contribution in [0, 0.1) is 5.92 Å². The molecule has 0 saturated heterocycles. The summed E-state index contributed by atoms with van der Waals surface area (Å²) in [6, 6.07) is 7.68. The highest BCUT2D eigenvalue weighted by atomic mass is 35.5. The molecule has 1 amide bonds. The van der Waals surface area contributed by atoms with Crippen LogP contribution in [0.5, 0.6) is 5.75 Å². The summed E-state index contributed by atoms with van der Waals surface area (Å²) < 4.78 is 6.25. The zero-order valence-electron chi connectivity index (χ0n) is 14.9. The highest BCUT2D eigenvalue weighted by Gasteiger charge is 2.55. The summed E-state index contributed by atoms with van der Waals surface area (Å²) in [7, 11) is 1.67. The van der Waals surface area contributed by atoms with Gasteiger partial charge < -0.3 is 10.5 Å². The van der Waals surface area contributed by atoms with E-state index in [4.69, 9.17) is 22.1 Å². The second-order valence-electron chi connectivity index (χ2n) is 7.50. The molecule has 1 unspecified atom stereocenters. The Hall–Kier alpha value is -2.60. The van der Waals surface area contributed by atoms with Gasteiger partial charge in [-0.2, -0.15) is 0 Å². The van der Waals surface area contributed by atoms with Gasteiger partial charge in [0, 0.05) is 37.0 Å². The van der Waals surface area contributed by atoms with Crippen LogP contribution in [0.4, 0.5) is 0 Å². The van der Waals surface area contributed by atoms with E-state index < -0.39 is 5.54 Å². The lowest BCUT2D eigenvalue weighted by atomic mass is 9.79. The number of ether oxygens (including phenoxy) is 1. The Labute approximate surface area is 162 Å². The summed E-state index contributed by atoms with van der Waals surface area (Å²) in [4.78, 5) is 23.4. The Morgan fingerprint density at radius 1 is 1.26 bits per heavy atom. The van der Waals surface area contributed by atoms with E-state index in [1.807, 2.05) is 24.3 Å². The molecule has 0 bridgehead atoms. The van der Waals surface area contributed by atoms with Crippen LogP contribution in [0.2, 0.25) is 5.02 Å². The van der Waals surface area contributed by atoms with Crippen LogP contribution in [0.1, 0.15) is 24.8 Å². The maximum Gasteiger partial charge on any atom is 0.261 e. The van der Waals surface area contributed by atoms with Crippen LogP contribution in [0.15, 0.2) is 41.7 Å². The van der Waals surface area contributed by atoms with Crippen molar-refractivity contribution in [2.24, 2.45) is 16.6 Å². The number of fused-ring (bicyclic) bond motifs is 2. The summed E-state index contributed by atoms with van der Waals surface area (Å²) in [6.07, 6.45) is 6.11. The first-order chi connectivity index (χ1) is 13.0. The van der Waals surface area contributed by atoms with E-state index in [0.717, 1.165) is 29.5 Å². The summed E-state index contributed by atoms with van der Waals surface area (Å²) in [5, 5.41) is 0.559. The van der Waals surface area contributed by atoms with Crippen molar-refractivity contribution >= 4 is 23.5 Å². The second kappa shape index (κ2) is 5.70. The molecule has 5 rings (SSSR count). The van der Waals surface area contributed by atoms with Crippen molar-refractivity contribution in [2.45, 2.75) is 30.9 Å². The first-order valence-electron chi connectivity index (χ1n) is 9.03. The van der Waals surface area contributed by atoms with Crippen molar-refractivity contribution in [3.8, 4) is 16.9 Å². The number of aromatic nitrogens is 1. The molecule has 1 spiro atoms. The molecule has 1 aromatic heterocycles. The molecule has 1 saturated carbocycles. The molecule has 2 aliphatic heterocycles. The number of rotatable bonds is 2. The van der Waals surface area contributed by atoms with Gasteiger partial charge in [0.1, 0.15) is 11.9 Å². The number of guanidine groups is 1. The van der Waals surface area contributed by atoms with Gasteiger partial charge in [-0.25, -0.2) is 4.99 Å². The number of halogens is 1. The summed E-state index contributed by atoms with van der Waals surface area (Å²) >= 11 is 6.09. The number of benzene rings is 1. The minimum Gasteiger partial charge on any atom is -0.490 e. The van der Waals surface area contributed by atoms with E-state index in [0.29, 0.717) is 23.1 Å². The smallest absolute Gasteiger partial charge is 0.261 e. The quantitative estimate of drug-likeness (QED) is 0.865. The maximum absolute atomic E-state index is 13.2. The highest BCUT2D eigenvalue weighted by Crippen LogP contribution is 2.51. The summed E-state index contributed by atoms with van der Waals surface area (Å²) in [5.74, 6) is 1.34. The minimum atomic E-state index is -1.01. The summed E-state index contributed by atoms with van der Waals surface area (Å²) in [5.41, 5.74) is 7.56. The monoisotopic (exact) mass is 382 g/mol. The largest absolute Gasteiger partial charge is 0.490 e. The van der Waals surface area contributed by atoms with Gasteiger partial charge in [0.2, 0.25) is 0 Å². The average molecular weight is 383 g/mol. The fourth-order valence-electron chi connectivity index (χ4n) is 4.05. The molecule has 1 fully saturated rings. The molecule has 138 valence electrons. The molecule has 2 N–H and O–H groups in total. The number of amides is 1. The standard InChI is InChI=1S/C20H19ClN4O2/c1-25-18(26)20(24-19(25)22)8-17(11-2-3-11)27-16-5-4-12(7-15(16)20)13-6-14(21)10-23-9-13/h4-7,9-11,17H,2-3,8H2,1H3,(H2,22,24)/t17?,20-/m0/s1. The lowest BCUT2D eigenvalue weighted by Gasteiger charge is -2.37. The van der Waals surface area contributed by atoms with Gasteiger partial charge in [-0.1, -0.05) is 17.7 Å². The van der Waals surface area contributed by atoms with Crippen molar-refractivity contribution < 1.29 is 9.53 Å². The van der Waals surface area contributed by atoms with E-state index >= 15 is 0 Å². The molecular weight excluding hydrogens is 364 g/mol. The molecule has 2 aromatic rings. The first-order valence-corrected chi connectivity index (χ1v) is 9.41. The zero-order chi connectivity index (χ0) is 18.8. The number of carbonyl (C=O) groups is 1.